The number of nitrogens with zero attached hydrogens (tertiary/aromatic N) is 6. The average molecular weight is 522 g/mol. The van der Waals surface area contributed by atoms with Crippen molar-refractivity contribution < 1.29 is 0 Å². The summed E-state index contributed by atoms with van der Waals surface area (Å²) in [6, 6.07) is 1.96. The normalized spacial score (nSPS) is 13.8. The van der Waals surface area contributed by atoms with Gasteiger partial charge in [-0.3, -0.25) is 9.56 Å². The lowest BCUT2D eigenvalue weighted by molar-refractivity contribution is 0.456. The molecule has 1 N–H and O–H groups in total. The number of aryl methyl sites for hydroxylation is 3. The van der Waals surface area contributed by atoms with E-state index in [1.807, 2.05) is 40.4 Å². The largest absolute Gasteiger partial charge is 0.356 e. The second-order valence-corrected chi connectivity index (χ2v) is 7.41. The number of rotatable bonds is 6. The van der Waals surface area contributed by atoms with Gasteiger partial charge in [-0.15, -0.1) is 24.0 Å². The zero-order valence-corrected chi connectivity index (χ0v) is 19.8. The van der Waals surface area contributed by atoms with E-state index in [1.54, 1.807) is 11.7 Å². The Balaban J connectivity index is 0.00000280. The fraction of sp³-hybridized carbons (Fsp3) is 0.611. The van der Waals surface area contributed by atoms with Crippen LogP contribution in [0, 0.1) is 0 Å². The van der Waals surface area contributed by atoms with E-state index in [1.165, 1.54) is 0 Å². The third-order valence-corrected chi connectivity index (χ3v) is 5.12. The highest BCUT2D eigenvalue weighted by atomic mass is 127. The second kappa shape index (κ2) is 10.3. The molecule has 0 saturated heterocycles. The molecule has 1 aliphatic heterocycles. The SMILES string of the molecule is CN=C(NCCCn1nc2n(c1=O)CCCC2)N(C)Cc1cc(Cl)cn1C.I. The molecule has 156 valence electrons. The van der Waals surface area contributed by atoms with E-state index in [4.69, 9.17) is 11.6 Å². The molecule has 0 bridgehead atoms. The van der Waals surface area contributed by atoms with Crippen LogP contribution in [0.5, 0.6) is 0 Å². The number of aliphatic imine (C=N–C) groups is 1. The van der Waals surface area contributed by atoms with Crippen molar-refractivity contribution in [2.75, 3.05) is 20.6 Å². The van der Waals surface area contributed by atoms with Gasteiger partial charge in [0.2, 0.25) is 0 Å². The van der Waals surface area contributed by atoms with Crippen molar-refractivity contribution in [3.63, 3.8) is 0 Å². The predicted octanol–water partition coefficient (Wildman–Crippen LogP) is 2.09. The van der Waals surface area contributed by atoms with Crippen molar-refractivity contribution >= 4 is 41.5 Å². The number of nitrogens with one attached hydrogen (secondary N) is 1. The summed E-state index contributed by atoms with van der Waals surface area (Å²) in [5.74, 6) is 1.74. The highest BCUT2D eigenvalue weighted by Gasteiger charge is 2.16. The molecule has 10 heteroatoms. The summed E-state index contributed by atoms with van der Waals surface area (Å²) in [7, 11) is 5.74. The fourth-order valence-corrected chi connectivity index (χ4v) is 3.72. The van der Waals surface area contributed by atoms with Gasteiger partial charge in [0, 0.05) is 59.1 Å². The van der Waals surface area contributed by atoms with Crippen LogP contribution < -0.4 is 11.0 Å². The molecule has 0 atom stereocenters. The Bertz CT molecular complexity index is 870. The average Bonchev–Trinajstić information content (AvgIpc) is 3.14. The van der Waals surface area contributed by atoms with Crippen molar-refractivity contribution in [3.05, 3.63) is 39.3 Å². The van der Waals surface area contributed by atoms with Crippen molar-refractivity contribution in [1.29, 1.82) is 0 Å². The topological polar surface area (TPSA) is 72.4 Å². The minimum absolute atomic E-state index is 0. The molecule has 8 nitrogen and oxygen atoms in total. The summed E-state index contributed by atoms with van der Waals surface area (Å²) >= 11 is 6.05. The summed E-state index contributed by atoms with van der Waals surface area (Å²) in [6.07, 6.45) is 5.78. The smallest absolute Gasteiger partial charge is 0.345 e. The van der Waals surface area contributed by atoms with Crippen LogP contribution in [0.25, 0.3) is 0 Å². The molecule has 28 heavy (non-hydrogen) atoms. The van der Waals surface area contributed by atoms with Gasteiger partial charge in [-0.25, -0.2) is 9.48 Å². The Morgan fingerprint density at radius 3 is 2.86 bits per heavy atom. The van der Waals surface area contributed by atoms with Gasteiger partial charge < -0.3 is 14.8 Å². The van der Waals surface area contributed by atoms with E-state index >= 15 is 0 Å². The lowest BCUT2D eigenvalue weighted by Gasteiger charge is -2.22. The first-order valence-corrected chi connectivity index (χ1v) is 9.76. The Morgan fingerprint density at radius 2 is 2.21 bits per heavy atom. The van der Waals surface area contributed by atoms with Crippen LogP contribution in [-0.4, -0.2) is 50.4 Å². The molecule has 3 heterocycles. The summed E-state index contributed by atoms with van der Waals surface area (Å²) < 4.78 is 5.43. The van der Waals surface area contributed by atoms with Gasteiger partial charge in [0.25, 0.3) is 0 Å². The van der Waals surface area contributed by atoms with Crippen molar-refractivity contribution in [1.82, 2.24) is 29.1 Å². The van der Waals surface area contributed by atoms with E-state index in [2.05, 4.69) is 15.4 Å². The maximum Gasteiger partial charge on any atom is 0.345 e. The summed E-state index contributed by atoms with van der Waals surface area (Å²) in [5.41, 5.74) is 1.13. The van der Waals surface area contributed by atoms with Gasteiger partial charge >= 0.3 is 5.69 Å². The van der Waals surface area contributed by atoms with Crippen LogP contribution in [0.2, 0.25) is 5.02 Å². The lowest BCUT2D eigenvalue weighted by Crippen LogP contribution is -2.39. The number of halogens is 2. The number of aromatic nitrogens is 4. The van der Waals surface area contributed by atoms with E-state index in [-0.39, 0.29) is 29.7 Å². The molecule has 0 spiro atoms. The van der Waals surface area contributed by atoms with E-state index in [0.29, 0.717) is 13.1 Å². The molecule has 0 aliphatic carbocycles. The zero-order valence-electron chi connectivity index (χ0n) is 16.7. The molecule has 0 saturated carbocycles. The van der Waals surface area contributed by atoms with Crippen LogP contribution >= 0.6 is 35.6 Å². The van der Waals surface area contributed by atoms with E-state index < -0.39 is 0 Å². The quantitative estimate of drug-likeness (QED) is 0.273. The minimum Gasteiger partial charge on any atom is -0.356 e. The molecule has 0 radical (unpaired) electrons. The van der Waals surface area contributed by atoms with E-state index in [9.17, 15) is 4.79 Å². The molecule has 0 amide bonds. The molecular formula is C18H29ClIN7O. The maximum atomic E-state index is 12.3. The maximum absolute atomic E-state index is 12.3. The first-order valence-electron chi connectivity index (χ1n) is 9.38. The molecule has 2 aromatic heterocycles. The number of guanidine groups is 1. The summed E-state index contributed by atoms with van der Waals surface area (Å²) in [6.45, 7) is 2.84. The molecule has 0 aromatic carbocycles. The molecule has 3 rings (SSSR count). The fourth-order valence-electron chi connectivity index (χ4n) is 3.45. The Morgan fingerprint density at radius 1 is 1.43 bits per heavy atom. The van der Waals surface area contributed by atoms with Crippen LogP contribution in [0.15, 0.2) is 22.1 Å². The molecular weight excluding hydrogens is 493 g/mol. The van der Waals surface area contributed by atoms with Crippen LogP contribution in [0.3, 0.4) is 0 Å². The number of hydrogen-bond acceptors (Lipinski definition) is 3. The number of fused-ring (bicyclic) bond motifs is 1. The number of hydrogen-bond donors (Lipinski definition) is 1. The standard InChI is InChI=1S/C18H28ClN7O.HI/c1-20-17(24(3)13-15-11-14(19)12-23(15)2)21-8-6-10-26-18(27)25-9-5-4-7-16(25)22-26;/h11-12H,4-10,13H2,1-3H3,(H,20,21);1H. The Hall–Kier alpha value is -1.49. The molecule has 1 aliphatic rings. The van der Waals surface area contributed by atoms with Crippen molar-refractivity contribution in [3.8, 4) is 0 Å². The van der Waals surface area contributed by atoms with Gasteiger partial charge in [-0.2, -0.15) is 5.10 Å². The van der Waals surface area contributed by atoms with Crippen LogP contribution in [-0.2, 0) is 33.1 Å². The highest BCUT2D eigenvalue weighted by molar-refractivity contribution is 14.0. The van der Waals surface area contributed by atoms with E-state index in [0.717, 1.165) is 61.3 Å². The highest BCUT2D eigenvalue weighted by Crippen LogP contribution is 2.14. The van der Waals surface area contributed by atoms with Crippen LogP contribution in [0.4, 0.5) is 0 Å². The second-order valence-electron chi connectivity index (χ2n) is 6.97. The third kappa shape index (κ3) is 5.31. The third-order valence-electron chi connectivity index (χ3n) is 4.91. The van der Waals surface area contributed by atoms with Crippen molar-refractivity contribution in [2.24, 2.45) is 12.0 Å². The van der Waals surface area contributed by atoms with Gasteiger partial charge in [0.15, 0.2) is 5.96 Å². The molecule has 0 fully saturated rings. The summed E-state index contributed by atoms with van der Waals surface area (Å²) in [5, 5.41) is 8.56. The molecule has 0 unspecified atom stereocenters. The monoisotopic (exact) mass is 521 g/mol. The first-order chi connectivity index (χ1) is 13.0. The van der Waals surface area contributed by atoms with Gasteiger partial charge in [0.05, 0.1) is 11.6 Å². The summed E-state index contributed by atoms with van der Waals surface area (Å²) in [4.78, 5) is 18.7. The molecule has 2 aromatic rings. The van der Waals surface area contributed by atoms with Gasteiger partial charge in [-0.1, -0.05) is 11.6 Å². The predicted molar refractivity (Wildman–Crippen MR) is 123 cm³/mol. The Labute approximate surface area is 187 Å². The van der Waals surface area contributed by atoms with Crippen LogP contribution in [0.1, 0.15) is 30.8 Å². The zero-order chi connectivity index (χ0) is 19.4. The lowest BCUT2D eigenvalue weighted by atomic mass is 10.2. The minimum atomic E-state index is 0. The Kier molecular flexibility index (Phi) is 8.41. The van der Waals surface area contributed by atoms with Gasteiger partial charge in [0.1, 0.15) is 5.82 Å². The first kappa shape index (κ1) is 22.8. The van der Waals surface area contributed by atoms with Crippen molar-refractivity contribution in [2.45, 2.75) is 45.3 Å². The van der Waals surface area contributed by atoms with Gasteiger partial charge in [-0.05, 0) is 25.3 Å².